The van der Waals surface area contributed by atoms with Crippen LogP contribution in [-0.2, 0) is 23.3 Å². The second kappa shape index (κ2) is 5.91. The molecule has 124 valence electrons. The Morgan fingerprint density at radius 1 is 1.04 bits per heavy atom. The summed E-state index contributed by atoms with van der Waals surface area (Å²) >= 11 is 0. The van der Waals surface area contributed by atoms with Gasteiger partial charge in [-0.25, -0.2) is 8.42 Å². The zero-order valence-electron chi connectivity index (χ0n) is 13.9. The fourth-order valence-electron chi connectivity index (χ4n) is 2.80. The SMILES string of the molecule is CCc1ccc(S(=O)(=O)c2cn(C)c3ccc(C)cc3c2=O)cc1. The molecule has 0 unspecified atom stereocenters. The predicted octanol–water partition coefficient (Wildman–Crippen LogP) is 3.24. The number of aryl methyl sites for hydroxylation is 3. The van der Waals surface area contributed by atoms with Gasteiger partial charge in [-0.05, 0) is 43.2 Å². The molecule has 0 aliphatic carbocycles. The lowest BCUT2D eigenvalue weighted by molar-refractivity contribution is 0.594. The third-order valence-corrected chi connectivity index (χ3v) is 6.01. The summed E-state index contributed by atoms with van der Waals surface area (Å²) in [4.78, 5) is 12.7. The molecule has 0 amide bonds. The van der Waals surface area contributed by atoms with Gasteiger partial charge < -0.3 is 4.57 Å². The largest absolute Gasteiger partial charge is 0.349 e. The van der Waals surface area contributed by atoms with Gasteiger partial charge in [-0.15, -0.1) is 0 Å². The minimum Gasteiger partial charge on any atom is -0.349 e. The van der Waals surface area contributed by atoms with E-state index in [0.717, 1.165) is 17.5 Å². The fraction of sp³-hybridized carbons (Fsp3) is 0.211. The molecular weight excluding hydrogens is 322 g/mol. The highest BCUT2D eigenvalue weighted by atomic mass is 32.2. The average molecular weight is 341 g/mol. The van der Waals surface area contributed by atoms with Gasteiger partial charge in [0.1, 0.15) is 4.90 Å². The van der Waals surface area contributed by atoms with Crippen molar-refractivity contribution < 1.29 is 8.42 Å². The van der Waals surface area contributed by atoms with Gasteiger partial charge >= 0.3 is 0 Å². The Bertz CT molecular complexity index is 1080. The van der Waals surface area contributed by atoms with Crippen LogP contribution in [0.25, 0.3) is 10.9 Å². The zero-order chi connectivity index (χ0) is 17.5. The molecular formula is C19H19NO3S. The number of benzene rings is 2. The number of rotatable bonds is 3. The second-order valence-electron chi connectivity index (χ2n) is 5.95. The zero-order valence-corrected chi connectivity index (χ0v) is 14.7. The predicted molar refractivity (Wildman–Crippen MR) is 95.2 cm³/mol. The van der Waals surface area contributed by atoms with Crippen LogP contribution in [0.5, 0.6) is 0 Å². The summed E-state index contributed by atoms with van der Waals surface area (Å²) in [6, 6.07) is 12.2. The Morgan fingerprint density at radius 2 is 1.71 bits per heavy atom. The molecule has 0 bridgehead atoms. The van der Waals surface area contributed by atoms with Crippen LogP contribution in [0.4, 0.5) is 0 Å². The Hall–Kier alpha value is -2.40. The Kier molecular flexibility index (Phi) is 4.05. The van der Waals surface area contributed by atoms with Gasteiger partial charge in [0, 0.05) is 18.6 Å². The van der Waals surface area contributed by atoms with Gasteiger partial charge in [0.05, 0.1) is 10.4 Å². The van der Waals surface area contributed by atoms with Crippen LogP contribution in [0.1, 0.15) is 18.1 Å². The van der Waals surface area contributed by atoms with Crippen LogP contribution >= 0.6 is 0 Å². The topological polar surface area (TPSA) is 56.1 Å². The molecule has 5 heteroatoms. The lowest BCUT2D eigenvalue weighted by Gasteiger charge is -2.11. The van der Waals surface area contributed by atoms with Gasteiger partial charge in [-0.3, -0.25) is 4.79 Å². The van der Waals surface area contributed by atoms with Gasteiger partial charge in [0.2, 0.25) is 15.3 Å². The van der Waals surface area contributed by atoms with Crippen molar-refractivity contribution in [1.82, 2.24) is 4.57 Å². The molecule has 1 heterocycles. The first-order valence-corrected chi connectivity index (χ1v) is 9.27. The van der Waals surface area contributed by atoms with E-state index in [1.807, 2.05) is 26.0 Å². The first-order chi connectivity index (χ1) is 11.3. The number of pyridine rings is 1. The van der Waals surface area contributed by atoms with E-state index in [4.69, 9.17) is 0 Å². The standard InChI is InChI=1S/C19H19NO3S/c1-4-14-6-8-15(9-7-14)24(22,23)18-12-20(3)17-10-5-13(2)11-16(17)19(18)21/h5-12H,4H2,1-3H3. The van der Waals surface area contributed by atoms with Crippen molar-refractivity contribution in [3.63, 3.8) is 0 Å². The quantitative estimate of drug-likeness (QED) is 0.735. The number of hydrogen-bond donors (Lipinski definition) is 0. The first kappa shape index (κ1) is 16.5. The van der Waals surface area contributed by atoms with Crippen molar-refractivity contribution in [2.45, 2.75) is 30.1 Å². The van der Waals surface area contributed by atoms with Gasteiger partial charge in [0.15, 0.2) is 0 Å². The smallest absolute Gasteiger partial charge is 0.211 e. The van der Waals surface area contributed by atoms with E-state index in [2.05, 4.69) is 0 Å². The number of hydrogen-bond acceptors (Lipinski definition) is 3. The van der Waals surface area contributed by atoms with Crippen molar-refractivity contribution in [3.05, 3.63) is 70.0 Å². The molecule has 0 aliphatic heterocycles. The minimum atomic E-state index is -3.85. The molecule has 24 heavy (non-hydrogen) atoms. The van der Waals surface area contributed by atoms with Crippen molar-refractivity contribution in [2.75, 3.05) is 0 Å². The maximum Gasteiger partial charge on any atom is 0.211 e. The lowest BCUT2D eigenvalue weighted by atomic mass is 10.1. The summed E-state index contributed by atoms with van der Waals surface area (Å²) in [6.45, 7) is 3.88. The third kappa shape index (κ3) is 2.65. The third-order valence-electron chi connectivity index (χ3n) is 4.24. The van der Waals surface area contributed by atoms with E-state index in [1.165, 1.54) is 6.20 Å². The summed E-state index contributed by atoms with van der Waals surface area (Å²) in [5.74, 6) is 0. The number of sulfone groups is 1. The fourth-order valence-corrected chi connectivity index (χ4v) is 4.20. The summed E-state index contributed by atoms with van der Waals surface area (Å²) in [5, 5.41) is 0.420. The van der Waals surface area contributed by atoms with E-state index in [0.29, 0.717) is 10.9 Å². The lowest BCUT2D eigenvalue weighted by Crippen LogP contribution is -2.18. The van der Waals surface area contributed by atoms with E-state index in [-0.39, 0.29) is 9.79 Å². The number of aromatic nitrogens is 1. The van der Waals surface area contributed by atoms with E-state index >= 15 is 0 Å². The summed E-state index contributed by atoms with van der Waals surface area (Å²) in [6.07, 6.45) is 2.24. The molecule has 0 radical (unpaired) electrons. The Balaban J connectivity index is 2.28. The molecule has 2 aromatic carbocycles. The van der Waals surface area contributed by atoms with Crippen molar-refractivity contribution in [2.24, 2.45) is 7.05 Å². The van der Waals surface area contributed by atoms with E-state index in [1.54, 1.807) is 41.9 Å². The van der Waals surface area contributed by atoms with Crippen LogP contribution in [0, 0.1) is 6.92 Å². The molecule has 0 atom stereocenters. The van der Waals surface area contributed by atoms with Crippen molar-refractivity contribution >= 4 is 20.7 Å². The van der Waals surface area contributed by atoms with Crippen LogP contribution in [0.3, 0.4) is 0 Å². The maximum absolute atomic E-state index is 12.9. The molecule has 1 aromatic heterocycles. The molecule has 0 N–H and O–H groups in total. The maximum atomic E-state index is 12.9. The highest BCUT2D eigenvalue weighted by Crippen LogP contribution is 2.21. The highest BCUT2D eigenvalue weighted by Gasteiger charge is 2.23. The molecule has 3 aromatic rings. The van der Waals surface area contributed by atoms with E-state index in [9.17, 15) is 13.2 Å². The van der Waals surface area contributed by atoms with Crippen LogP contribution in [0.2, 0.25) is 0 Å². The monoisotopic (exact) mass is 341 g/mol. The minimum absolute atomic E-state index is 0.142. The van der Waals surface area contributed by atoms with Crippen LogP contribution in [0.15, 0.2) is 63.2 Å². The summed E-state index contributed by atoms with van der Waals surface area (Å²) in [7, 11) is -2.11. The molecule has 0 spiro atoms. The van der Waals surface area contributed by atoms with E-state index < -0.39 is 15.3 Å². The summed E-state index contributed by atoms with van der Waals surface area (Å²) < 4.78 is 27.5. The van der Waals surface area contributed by atoms with Gasteiger partial charge in [0.25, 0.3) is 0 Å². The second-order valence-corrected chi connectivity index (χ2v) is 7.87. The Morgan fingerprint density at radius 3 is 2.33 bits per heavy atom. The van der Waals surface area contributed by atoms with Crippen LogP contribution in [-0.4, -0.2) is 13.0 Å². The van der Waals surface area contributed by atoms with Crippen molar-refractivity contribution in [1.29, 1.82) is 0 Å². The average Bonchev–Trinajstić information content (AvgIpc) is 2.58. The summed E-state index contributed by atoms with van der Waals surface area (Å²) in [5.41, 5.74) is 2.23. The highest BCUT2D eigenvalue weighted by molar-refractivity contribution is 7.91. The number of nitrogens with zero attached hydrogens (tertiary/aromatic N) is 1. The molecule has 0 saturated carbocycles. The molecule has 4 nitrogen and oxygen atoms in total. The van der Waals surface area contributed by atoms with Gasteiger partial charge in [-0.1, -0.05) is 30.7 Å². The van der Waals surface area contributed by atoms with Crippen molar-refractivity contribution in [3.8, 4) is 0 Å². The molecule has 0 saturated heterocycles. The Labute approximate surface area is 141 Å². The normalized spacial score (nSPS) is 11.8. The first-order valence-electron chi connectivity index (χ1n) is 7.78. The van der Waals surface area contributed by atoms with Gasteiger partial charge in [-0.2, -0.15) is 0 Å². The molecule has 0 fully saturated rings. The molecule has 0 aliphatic rings. The number of fused-ring (bicyclic) bond motifs is 1. The van der Waals surface area contributed by atoms with Crippen LogP contribution < -0.4 is 5.43 Å². The molecule has 3 rings (SSSR count).